The van der Waals surface area contributed by atoms with Crippen molar-refractivity contribution in [3.05, 3.63) is 47.0 Å². The Morgan fingerprint density at radius 2 is 1.62 bits per heavy atom. The van der Waals surface area contributed by atoms with Gasteiger partial charge in [-0.05, 0) is 122 Å². The van der Waals surface area contributed by atoms with Gasteiger partial charge in [0.15, 0.2) is 0 Å². The molecule has 0 heterocycles. The van der Waals surface area contributed by atoms with Crippen LogP contribution in [0.15, 0.2) is 35.9 Å². The van der Waals surface area contributed by atoms with Gasteiger partial charge in [-0.3, -0.25) is 4.79 Å². The number of fused-ring (bicyclic) bond motifs is 5. The molecule has 3 fully saturated rings. The molecule has 4 aliphatic carbocycles. The summed E-state index contributed by atoms with van der Waals surface area (Å²) >= 11 is 0. The van der Waals surface area contributed by atoms with Crippen molar-refractivity contribution in [1.29, 1.82) is 0 Å². The lowest BCUT2D eigenvalue weighted by Gasteiger charge is -2.58. The Bertz CT molecular complexity index is 1100. The zero-order valence-corrected chi connectivity index (χ0v) is 28.4. The van der Waals surface area contributed by atoms with Gasteiger partial charge in [0.25, 0.3) is 0 Å². The molecule has 234 valence electrons. The topological polar surface area (TPSA) is 26.3 Å². The number of hydrogen-bond donors (Lipinski definition) is 0. The maximum absolute atomic E-state index is 13.2. The quantitative estimate of drug-likeness (QED) is 0.205. The maximum atomic E-state index is 13.2. The second-order valence-electron chi connectivity index (χ2n) is 16.7. The molecular weight excluding hydrogens is 512 g/mol. The third kappa shape index (κ3) is 6.30. The standard InChI is InChI=1S/C40H62O2/c1-26(2)10-9-11-28(5)35-18-19-36-34-17-16-32-25-33(20-22-39(32,7)37(34)21-23-40(35,36)8)42-38(41)29(6)31-14-12-30(13-15-31)24-27(3)4/h12-16,26-29,33-37H,9-11,17-25H2,1-8H3/t28-,29?,33+,34+,35-,36+,37+,39+,40-/m1/s1. The molecule has 4 aliphatic rings. The van der Waals surface area contributed by atoms with Crippen LogP contribution in [0.4, 0.5) is 0 Å². The molecule has 1 aromatic carbocycles. The lowest BCUT2D eigenvalue weighted by molar-refractivity contribution is -0.153. The first kappa shape index (κ1) is 31.8. The molecule has 0 aromatic heterocycles. The molecule has 2 nitrogen and oxygen atoms in total. The normalized spacial score (nSPS) is 35.7. The third-order valence-electron chi connectivity index (χ3n) is 13.0. The van der Waals surface area contributed by atoms with E-state index in [0.29, 0.717) is 16.7 Å². The third-order valence-corrected chi connectivity index (χ3v) is 13.0. The van der Waals surface area contributed by atoms with E-state index in [0.717, 1.165) is 60.3 Å². The molecule has 9 atom stereocenters. The van der Waals surface area contributed by atoms with Crippen LogP contribution in [-0.2, 0) is 16.0 Å². The zero-order valence-electron chi connectivity index (χ0n) is 28.4. The van der Waals surface area contributed by atoms with Gasteiger partial charge in [0.1, 0.15) is 6.10 Å². The summed E-state index contributed by atoms with van der Waals surface area (Å²) in [6.07, 6.45) is 18.1. The van der Waals surface area contributed by atoms with Crippen molar-refractivity contribution >= 4 is 5.97 Å². The fourth-order valence-corrected chi connectivity index (χ4v) is 10.6. The summed E-state index contributed by atoms with van der Waals surface area (Å²) in [4.78, 5) is 13.2. The maximum Gasteiger partial charge on any atom is 0.313 e. The molecule has 0 spiro atoms. The number of carbonyl (C=O) groups is 1. The monoisotopic (exact) mass is 574 g/mol. The van der Waals surface area contributed by atoms with Gasteiger partial charge < -0.3 is 4.74 Å². The molecule has 0 bridgehead atoms. The van der Waals surface area contributed by atoms with Crippen LogP contribution in [0.5, 0.6) is 0 Å². The lowest BCUT2D eigenvalue weighted by atomic mass is 9.47. The van der Waals surface area contributed by atoms with Crippen molar-refractivity contribution in [2.75, 3.05) is 0 Å². The second kappa shape index (κ2) is 12.8. The second-order valence-corrected chi connectivity index (χ2v) is 16.7. The predicted octanol–water partition coefficient (Wildman–Crippen LogP) is 10.9. The van der Waals surface area contributed by atoms with Gasteiger partial charge in [-0.15, -0.1) is 0 Å². The Balaban J connectivity index is 1.20. The molecule has 1 aromatic rings. The molecule has 0 aliphatic heterocycles. The van der Waals surface area contributed by atoms with Crippen molar-refractivity contribution < 1.29 is 9.53 Å². The van der Waals surface area contributed by atoms with E-state index in [1.165, 1.54) is 63.4 Å². The van der Waals surface area contributed by atoms with Gasteiger partial charge in [0.05, 0.1) is 5.92 Å². The van der Waals surface area contributed by atoms with E-state index in [4.69, 9.17) is 4.74 Å². The van der Waals surface area contributed by atoms with Gasteiger partial charge in [0.2, 0.25) is 0 Å². The van der Waals surface area contributed by atoms with Crippen LogP contribution in [0.3, 0.4) is 0 Å². The Kier molecular flexibility index (Phi) is 9.71. The summed E-state index contributed by atoms with van der Waals surface area (Å²) < 4.78 is 6.23. The summed E-state index contributed by atoms with van der Waals surface area (Å²) in [6.45, 7) is 19.1. The van der Waals surface area contributed by atoms with Crippen molar-refractivity contribution in [2.45, 2.75) is 144 Å². The minimum absolute atomic E-state index is 0.0347. The number of benzene rings is 1. The fraction of sp³-hybridized carbons (Fsp3) is 0.775. The molecule has 0 N–H and O–H groups in total. The van der Waals surface area contributed by atoms with Gasteiger partial charge in [-0.1, -0.05) is 104 Å². The first-order valence-corrected chi connectivity index (χ1v) is 17.9. The van der Waals surface area contributed by atoms with Crippen LogP contribution >= 0.6 is 0 Å². The summed E-state index contributed by atoms with van der Waals surface area (Å²) in [5.41, 5.74) is 4.86. The Morgan fingerprint density at radius 1 is 0.881 bits per heavy atom. The van der Waals surface area contributed by atoms with Crippen LogP contribution in [0.25, 0.3) is 0 Å². The van der Waals surface area contributed by atoms with Crippen molar-refractivity contribution in [3.8, 4) is 0 Å². The molecule has 0 saturated heterocycles. The van der Waals surface area contributed by atoms with Gasteiger partial charge in [0, 0.05) is 6.42 Å². The Morgan fingerprint density at radius 3 is 2.31 bits per heavy atom. The summed E-state index contributed by atoms with van der Waals surface area (Å²) in [5, 5.41) is 0. The van der Waals surface area contributed by atoms with Crippen molar-refractivity contribution in [3.63, 3.8) is 0 Å². The number of carbonyl (C=O) groups excluding carboxylic acids is 1. The van der Waals surface area contributed by atoms with E-state index in [1.807, 2.05) is 6.92 Å². The Hall–Kier alpha value is -1.57. The van der Waals surface area contributed by atoms with E-state index in [-0.39, 0.29) is 18.0 Å². The smallest absolute Gasteiger partial charge is 0.313 e. The van der Waals surface area contributed by atoms with Crippen molar-refractivity contribution in [1.82, 2.24) is 0 Å². The van der Waals surface area contributed by atoms with Gasteiger partial charge in [-0.2, -0.15) is 0 Å². The largest absolute Gasteiger partial charge is 0.462 e. The molecule has 3 saturated carbocycles. The number of esters is 1. The summed E-state index contributed by atoms with van der Waals surface area (Å²) in [7, 11) is 0. The average Bonchev–Trinajstić information content (AvgIpc) is 3.30. The average molecular weight is 575 g/mol. The van der Waals surface area contributed by atoms with Gasteiger partial charge >= 0.3 is 5.97 Å². The Labute approximate surface area is 258 Å². The fourth-order valence-electron chi connectivity index (χ4n) is 10.6. The van der Waals surface area contributed by atoms with E-state index >= 15 is 0 Å². The SMILES string of the molecule is CC(C)CCC[C@@H](C)[C@H]1CC[C@H]2[C@@H]3CC=C4C[C@@H](OC(=O)C(C)c5ccc(CC(C)C)cc5)CC[C@]4(C)[C@H]3CC[C@]12C. The first-order valence-electron chi connectivity index (χ1n) is 17.9. The molecule has 0 amide bonds. The molecule has 2 heteroatoms. The van der Waals surface area contributed by atoms with Crippen molar-refractivity contribution in [2.24, 2.45) is 52.3 Å². The van der Waals surface area contributed by atoms with Crippen LogP contribution < -0.4 is 0 Å². The lowest BCUT2D eigenvalue weighted by Crippen LogP contribution is -2.51. The summed E-state index contributed by atoms with van der Waals surface area (Å²) in [6, 6.07) is 8.62. The van der Waals surface area contributed by atoms with E-state index in [1.54, 1.807) is 5.57 Å². The summed E-state index contributed by atoms with van der Waals surface area (Å²) in [5.74, 6) is 5.54. The molecule has 5 rings (SSSR count). The molecule has 0 radical (unpaired) electrons. The number of ether oxygens (including phenoxy) is 1. The van der Waals surface area contributed by atoms with E-state index in [9.17, 15) is 4.79 Å². The van der Waals surface area contributed by atoms with E-state index < -0.39 is 0 Å². The first-order chi connectivity index (χ1) is 19.9. The highest BCUT2D eigenvalue weighted by molar-refractivity contribution is 5.77. The van der Waals surface area contributed by atoms with Crippen LogP contribution in [0.1, 0.15) is 143 Å². The van der Waals surface area contributed by atoms with Gasteiger partial charge in [-0.25, -0.2) is 0 Å². The number of hydrogen-bond acceptors (Lipinski definition) is 2. The molecule has 1 unspecified atom stereocenters. The highest BCUT2D eigenvalue weighted by Gasteiger charge is 2.59. The predicted molar refractivity (Wildman–Crippen MR) is 176 cm³/mol. The molecular formula is C40H62O2. The minimum Gasteiger partial charge on any atom is -0.462 e. The number of rotatable bonds is 10. The number of allylic oxidation sites excluding steroid dienone is 1. The van der Waals surface area contributed by atoms with E-state index in [2.05, 4.69) is 78.8 Å². The van der Waals surface area contributed by atoms with Crippen LogP contribution in [0.2, 0.25) is 0 Å². The molecule has 42 heavy (non-hydrogen) atoms. The van der Waals surface area contributed by atoms with Crippen LogP contribution in [-0.4, -0.2) is 12.1 Å². The highest BCUT2D eigenvalue weighted by atomic mass is 16.5. The highest BCUT2D eigenvalue weighted by Crippen LogP contribution is 2.67. The zero-order chi connectivity index (χ0) is 30.2. The minimum atomic E-state index is -0.213. The van der Waals surface area contributed by atoms with Crippen LogP contribution in [0, 0.1) is 52.3 Å².